The van der Waals surface area contributed by atoms with E-state index in [-0.39, 0.29) is 49.0 Å². The van der Waals surface area contributed by atoms with E-state index >= 15 is 0 Å². The predicted molar refractivity (Wildman–Crippen MR) is 133 cm³/mol. The molecule has 190 valence electrons. The number of hydrogen-bond donors (Lipinski definition) is 2. The maximum absolute atomic E-state index is 12.5. The van der Waals surface area contributed by atoms with E-state index < -0.39 is 11.8 Å². The highest BCUT2D eigenvalue weighted by molar-refractivity contribution is 5.91. The molecule has 2 N–H and O–H groups in total. The van der Waals surface area contributed by atoms with Crippen LogP contribution in [0.25, 0.3) is 11.2 Å². The highest BCUT2D eigenvalue weighted by atomic mass is 16.7. The lowest BCUT2D eigenvalue weighted by Gasteiger charge is -2.42. The summed E-state index contributed by atoms with van der Waals surface area (Å²) < 4.78 is 19.9. The van der Waals surface area contributed by atoms with Crippen LogP contribution >= 0.6 is 0 Å². The minimum Gasteiger partial charge on any atom is -0.371 e. The van der Waals surface area contributed by atoms with Crippen LogP contribution in [0.4, 0.5) is 5.95 Å². The third-order valence-electron chi connectivity index (χ3n) is 5.80. The van der Waals surface area contributed by atoms with E-state index in [4.69, 9.17) is 14.2 Å². The molecule has 4 heterocycles. The molecule has 3 aromatic rings. The second-order valence-corrected chi connectivity index (χ2v) is 8.39. The number of aromatic nitrogens is 4. The highest BCUT2D eigenvalue weighted by Gasteiger charge is 2.39. The average molecular weight is 486 g/mol. The van der Waals surface area contributed by atoms with Crippen LogP contribution in [-0.4, -0.2) is 50.8 Å². The van der Waals surface area contributed by atoms with Crippen molar-refractivity contribution in [3.8, 4) is 0 Å². The summed E-state index contributed by atoms with van der Waals surface area (Å²) in [6.07, 6.45) is 1.47. The molecule has 2 aliphatic heterocycles. The van der Waals surface area contributed by atoms with Crippen molar-refractivity contribution in [1.82, 2.24) is 19.5 Å². The zero-order valence-electron chi connectivity index (χ0n) is 19.9. The molecule has 2 aromatic heterocycles. The van der Waals surface area contributed by atoms with Gasteiger partial charge in [-0.15, -0.1) is 0 Å². The molecule has 1 amide bonds. The van der Waals surface area contributed by atoms with E-state index in [0.29, 0.717) is 25.3 Å². The van der Waals surface area contributed by atoms with Gasteiger partial charge in [0.25, 0.3) is 5.56 Å². The molecular weight excluding hydrogens is 450 g/mol. The Morgan fingerprint density at radius 2 is 1.89 bits per heavy atom. The number of carbonyl (C=O) groups excluding carboxylic acids is 1. The number of ether oxygens (including phenoxy) is 3. The summed E-state index contributed by atoms with van der Waals surface area (Å²) in [6, 6.07) is 9.66. The fraction of sp³-hybridized carbons (Fsp3) is 0.520. The number of benzene rings is 1. The largest absolute Gasteiger partial charge is 0.371 e. The molecule has 0 saturated carbocycles. The molecule has 2 saturated heterocycles. The SMILES string of the molecule is C.CC.CC(C)C(=O)Nc1nc2c(ncn2C2COC3CO[C@@H](c4ccccc4)OC3C2)c(=O)[nH]1. The lowest BCUT2D eigenvalue weighted by Crippen LogP contribution is -2.48. The number of H-pyrrole nitrogens is 1. The van der Waals surface area contributed by atoms with Gasteiger partial charge in [0.05, 0.1) is 31.7 Å². The Kier molecular flexibility index (Phi) is 8.76. The summed E-state index contributed by atoms with van der Waals surface area (Å²) in [7, 11) is 0. The Labute approximate surface area is 205 Å². The monoisotopic (exact) mass is 485 g/mol. The van der Waals surface area contributed by atoms with Crippen LogP contribution in [0, 0.1) is 5.92 Å². The number of fused-ring (bicyclic) bond motifs is 2. The van der Waals surface area contributed by atoms with Crippen LogP contribution in [0.5, 0.6) is 0 Å². The summed E-state index contributed by atoms with van der Waals surface area (Å²) in [6.45, 7) is 8.40. The number of amides is 1. The fourth-order valence-electron chi connectivity index (χ4n) is 4.00. The van der Waals surface area contributed by atoms with Gasteiger partial charge in [0.1, 0.15) is 6.10 Å². The first-order valence-electron chi connectivity index (χ1n) is 11.7. The molecule has 5 rings (SSSR count). The van der Waals surface area contributed by atoms with Crippen molar-refractivity contribution in [2.75, 3.05) is 18.5 Å². The Morgan fingerprint density at radius 1 is 1.14 bits per heavy atom. The number of imidazole rings is 1. The van der Waals surface area contributed by atoms with Crippen molar-refractivity contribution in [3.05, 3.63) is 52.6 Å². The fourth-order valence-corrected chi connectivity index (χ4v) is 4.00. The Morgan fingerprint density at radius 3 is 2.60 bits per heavy atom. The van der Waals surface area contributed by atoms with Gasteiger partial charge in [-0.2, -0.15) is 4.98 Å². The Balaban J connectivity index is 0.00000111. The molecule has 35 heavy (non-hydrogen) atoms. The summed E-state index contributed by atoms with van der Waals surface area (Å²) >= 11 is 0. The van der Waals surface area contributed by atoms with Crippen LogP contribution in [0.2, 0.25) is 0 Å². The van der Waals surface area contributed by atoms with Gasteiger partial charge in [-0.25, -0.2) is 4.98 Å². The molecule has 10 nitrogen and oxygen atoms in total. The predicted octanol–water partition coefficient (Wildman–Crippen LogP) is 3.82. The summed E-state index contributed by atoms with van der Waals surface area (Å²) in [5.41, 5.74) is 1.16. The van der Waals surface area contributed by atoms with Crippen molar-refractivity contribution >= 4 is 23.0 Å². The standard InChI is InChI=1S/C22H25N5O5.C2H6.CH4/c1-12(2)19(28)25-22-24-18-17(20(29)26-22)23-11-27(18)14-8-15-16(30-9-14)10-31-21(32-15)13-6-4-3-5-7-13;1-2;/h3-7,11-12,14-16,21H,8-10H2,1-2H3,(H2,24,25,26,28,29);1-2H3;1H4/t14?,15?,16?,21-;;/m1../s1. The Bertz CT molecular complexity index is 1180. The number of nitrogens with zero attached hydrogens (tertiary/aromatic N) is 3. The van der Waals surface area contributed by atoms with Crippen LogP contribution < -0.4 is 10.9 Å². The summed E-state index contributed by atoms with van der Waals surface area (Å²) in [5.74, 6) is -0.373. The van der Waals surface area contributed by atoms with Gasteiger partial charge in [0.2, 0.25) is 11.9 Å². The van der Waals surface area contributed by atoms with Crippen LogP contribution in [0.1, 0.15) is 59.4 Å². The van der Waals surface area contributed by atoms with E-state index in [2.05, 4.69) is 20.3 Å². The van der Waals surface area contributed by atoms with Crippen molar-refractivity contribution < 1.29 is 19.0 Å². The van der Waals surface area contributed by atoms with Gasteiger partial charge in [0, 0.05) is 11.5 Å². The number of carbonyl (C=O) groups is 1. The van der Waals surface area contributed by atoms with Crippen LogP contribution in [-0.2, 0) is 19.0 Å². The van der Waals surface area contributed by atoms with Gasteiger partial charge in [0.15, 0.2) is 17.5 Å². The van der Waals surface area contributed by atoms with E-state index in [1.54, 1.807) is 20.2 Å². The topological polar surface area (TPSA) is 120 Å². The number of rotatable bonds is 4. The minimum atomic E-state index is -0.446. The summed E-state index contributed by atoms with van der Waals surface area (Å²) in [4.78, 5) is 35.8. The molecule has 0 radical (unpaired) electrons. The molecule has 0 bridgehead atoms. The second kappa shape index (κ2) is 11.6. The molecule has 3 unspecified atom stereocenters. The normalized spacial score (nSPS) is 23.6. The Hall–Kier alpha value is -3.08. The number of nitrogens with one attached hydrogen (secondary N) is 2. The van der Waals surface area contributed by atoms with Gasteiger partial charge in [-0.3, -0.25) is 19.9 Å². The quantitative estimate of drug-likeness (QED) is 0.576. The molecule has 1 aromatic carbocycles. The second-order valence-electron chi connectivity index (χ2n) is 8.39. The summed E-state index contributed by atoms with van der Waals surface area (Å²) in [5, 5.41) is 2.64. The van der Waals surface area contributed by atoms with Crippen molar-refractivity contribution in [1.29, 1.82) is 0 Å². The maximum atomic E-state index is 12.5. The third kappa shape index (κ3) is 5.61. The zero-order valence-corrected chi connectivity index (χ0v) is 19.9. The van der Waals surface area contributed by atoms with Crippen LogP contribution in [0.3, 0.4) is 0 Å². The first kappa shape index (κ1) is 26.5. The first-order valence-corrected chi connectivity index (χ1v) is 11.7. The average Bonchev–Trinajstić information content (AvgIpc) is 3.29. The van der Waals surface area contributed by atoms with Crippen molar-refractivity contribution in [3.63, 3.8) is 0 Å². The van der Waals surface area contributed by atoms with E-state index in [0.717, 1.165) is 5.56 Å². The van der Waals surface area contributed by atoms with Crippen molar-refractivity contribution in [2.24, 2.45) is 5.92 Å². The molecular formula is C25H35N5O5. The number of anilines is 1. The molecule has 2 aliphatic rings. The molecule has 4 atom stereocenters. The lowest BCUT2D eigenvalue weighted by molar-refractivity contribution is -0.282. The van der Waals surface area contributed by atoms with Crippen molar-refractivity contribution in [2.45, 2.75) is 66.1 Å². The number of aromatic amines is 1. The third-order valence-corrected chi connectivity index (χ3v) is 5.80. The molecule has 10 heteroatoms. The van der Waals surface area contributed by atoms with Gasteiger partial charge < -0.3 is 18.8 Å². The maximum Gasteiger partial charge on any atom is 0.280 e. The van der Waals surface area contributed by atoms with E-state index in [1.807, 2.05) is 48.7 Å². The van der Waals surface area contributed by atoms with E-state index in [9.17, 15) is 9.59 Å². The zero-order chi connectivity index (χ0) is 24.2. The lowest BCUT2D eigenvalue weighted by atomic mass is 10.0. The van der Waals surface area contributed by atoms with Gasteiger partial charge >= 0.3 is 0 Å². The highest BCUT2D eigenvalue weighted by Crippen LogP contribution is 2.35. The smallest absolute Gasteiger partial charge is 0.280 e. The van der Waals surface area contributed by atoms with Crippen LogP contribution in [0.15, 0.2) is 41.5 Å². The molecule has 0 aliphatic carbocycles. The molecule has 0 spiro atoms. The first-order chi connectivity index (χ1) is 16.5. The number of hydrogen-bond acceptors (Lipinski definition) is 7. The van der Waals surface area contributed by atoms with E-state index in [1.165, 1.54) is 0 Å². The molecule has 2 fully saturated rings. The van der Waals surface area contributed by atoms with Gasteiger partial charge in [-0.1, -0.05) is 65.5 Å². The minimum absolute atomic E-state index is 0. The van der Waals surface area contributed by atoms with Gasteiger partial charge in [-0.05, 0) is 6.42 Å².